The summed E-state index contributed by atoms with van der Waals surface area (Å²) in [4.78, 5) is 6.95. The van der Waals surface area contributed by atoms with Crippen LogP contribution >= 0.6 is 0 Å². The second-order valence-corrected chi connectivity index (χ2v) is 5.91. The number of anilines is 1. The molecule has 3 N–H and O–H groups in total. The molecule has 1 aromatic heterocycles. The highest BCUT2D eigenvalue weighted by Gasteiger charge is 2.18. The van der Waals surface area contributed by atoms with Crippen LogP contribution in [-0.2, 0) is 0 Å². The fraction of sp³-hybridized carbons (Fsp3) is 0.625. The average Bonchev–Trinajstić information content (AvgIpc) is 2.72. The van der Waals surface area contributed by atoms with Crippen LogP contribution in [0.5, 0.6) is 0 Å². The summed E-state index contributed by atoms with van der Waals surface area (Å²) in [5.41, 5.74) is 7.33. The van der Waals surface area contributed by atoms with E-state index in [1.54, 1.807) is 0 Å². The van der Waals surface area contributed by atoms with E-state index in [4.69, 9.17) is 10.9 Å². The highest BCUT2D eigenvalue weighted by atomic mass is 16.4. The van der Waals surface area contributed by atoms with Crippen LogP contribution < -0.4 is 10.6 Å². The summed E-state index contributed by atoms with van der Waals surface area (Å²) in [5.74, 6) is 1.92. The largest absolute Gasteiger partial charge is 0.409 e. The summed E-state index contributed by atoms with van der Waals surface area (Å²) in [5, 5.41) is 11.9. The number of nitrogens with two attached hydrogens (primary N) is 1. The van der Waals surface area contributed by atoms with E-state index in [2.05, 4.69) is 22.0 Å². The Morgan fingerprint density at radius 3 is 2.95 bits per heavy atom. The standard InChI is InChI=1S/C16H26N4O/c1-3-5-13-6-4-8-20(9-7-13)15-11-14(16(17)19-21)10-12(2)18-15/h10-11,13,21H,3-9H2,1-2H3,(H2,17,19). The molecular weight excluding hydrogens is 264 g/mol. The Balaban J connectivity index is 2.16. The van der Waals surface area contributed by atoms with Crippen molar-refractivity contribution in [3.05, 3.63) is 23.4 Å². The second-order valence-electron chi connectivity index (χ2n) is 5.91. The fourth-order valence-electron chi connectivity index (χ4n) is 3.11. The van der Waals surface area contributed by atoms with E-state index < -0.39 is 0 Å². The van der Waals surface area contributed by atoms with Crippen LogP contribution in [0.2, 0.25) is 0 Å². The van der Waals surface area contributed by atoms with Crippen molar-refractivity contribution in [3.8, 4) is 0 Å². The minimum absolute atomic E-state index is 0.139. The van der Waals surface area contributed by atoms with Gasteiger partial charge >= 0.3 is 0 Å². The van der Waals surface area contributed by atoms with Crippen LogP contribution in [0.25, 0.3) is 0 Å². The first-order valence-electron chi connectivity index (χ1n) is 7.85. The molecule has 21 heavy (non-hydrogen) atoms. The summed E-state index contributed by atoms with van der Waals surface area (Å²) in [7, 11) is 0. The number of hydrogen-bond donors (Lipinski definition) is 2. The lowest BCUT2D eigenvalue weighted by atomic mass is 9.96. The molecule has 0 aliphatic carbocycles. The molecule has 116 valence electrons. The normalized spacial score (nSPS) is 20.4. The Morgan fingerprint density at radius 1 is 1.43 bits per heavy atom. The van der Waals surface area contributed by atoms with Crippen LogP contribution in [-0.4, -0.2) is 29.1 Å². The minimum atomic E-state index is 0.139. The monoisotopic (exact) mass is 290 g/mol. The predicted molar refractivity (Wildman–Crippen MR) is 85.9 cm³/mol. The van der Waals surface area contributed by atoms with Gasteiger partial charge in [-0.05, 0) is 44.2 Å². The molecule has 1 atom stereocenters. The van der Waals surface area contributed by atoms with Gasteiger partial charge in [0.2, 0.25) is 0 Å². The first-order chi connectivity index (χ1) is 10.1. The Morgan fingerprint density at radius 2 is 2.24 bits per heavy atom. The van der Waals surface area contributed by atoms with Crippen LogP contribution in [0, 0.1) is 12.8 Å². The Hall–Kier alpha value is -1.78. The zero-order valence-electron chi connectivity index (χ0n) is 13.0. The molecule has 0 spiro atoms. The van der Waals surface area contributed by atoms with Crippen LogP contribution in [0.15, 0.2) is 17.3 Å². The maximum atomic E-state index is 8.85. The van der Waals surface area contributed by atoms with Crippen LogP contribution in [0.1, 0.15) is 50.3 Å². The number of amidine groups is 1. The van der Waals surface area contributed by atoms with E-state index in [1.807, 2.05) is 19.1 Å². The van der Waals surface area contributed by atoms with E-state index in [-0.39, 0.29) is 5.84 Å². The summed E-state index contributed by atoms with van der Waals surface area (Å²) < 4.78 is 0. The predicted octanol–water partition coefficient (Wildman–Crippen LogP) is 2.89. The van der Waals surface area contributed by atoms with Crippen molar-refractivity contribution in [1.82, 2.24) is 4.98 Å². The van der Waals surface area contributed by atoms with Gasteiger partial charge in [0.25, 0.3) is 0 Å². The number of oxime groups is 1. The number of aryl methyl sites for hydroxylation is 1. The third-order valence-electron chi connectivity index (χ3n) is 4.21. The molecule has 2 heterocycles. The van der Waals surface area contributed by atoms with E-state index in [1.165, 1.54) is 32.1 Å². The van der Waals surface area contributed by atoms with Gasteiger partial charge in [-0.25, -0.2) is 4.98 Å². The van der Waals surface area contributed by atoms with E-state index in [9.17, 15) is 0 Å². The van der Waals surface area contributed by atoms with Gasteiger partial charge in [0.15, 0.2) is 5.84 Å². The molecule has 1 saturated heterocycles. The first kappa shape index (κ1) is 15.6. The second kappa shape index (κ2) is 7.29. The summed E-state index contributed by atoms with van der Waals surface area (Å²) in [6.07, 6.45) is 6.33. The van der Waals surface area contributed by atoms with Gasteiger partial charge in [-0.1, -0.05) is 24.9 Å². The summed E-state index contributed by atoms with van der Waals surface area (Å²) in [6, 6.07) is 3.76. The molecule has 0 bridgehead atoms. The molecule has 1 aliphatic rings. The lowest BCUT2D eigenvalue weighted by Gasteiger charge is -2.22. The van der Waals surface area contributed by atoms with Gasteiger partial charge in [0.05, 0.1) is 0 Å². The van der Waals surface area contributed by atoms with Crippen molar-refractivity contribution in [1.29, 1.82) is 0 Å². The van der Waals surface area contributed by atoms with Gasteiger partial charge < -0.3 is 15.8 Å². The van der Waals surface area contributed by atoms with Gasteiger partial charge in [-0.2, -0.15) is 0 Å². The van der Waals surface area contributed by atoms with E-state index in [0.29, 0.717) is 0 Å². The molecule has 2 rings (SSSR count). The smallest absolute Gasteiger partial charge is 0.170 e. The highest BCUT2D eigenvalue weighted by molar-refractivity contribution is 5.97. The van der Waals surface area contributed by atoms with Crippen LogP contribution in [0.3, 0.4) is 0 Å². The van der Waals surface area contributed by atoms with Crippen LogP contribution in [0.4, 0.5) is 5.82 Å². The Bertz CT molecular complexity index is 501. The maximum Gasteiger partial charge on any atom is 0.170 e. The SMILES string of the molecule is CCCC1CCCN(c2cc(/C(N)=N/O)cc(C)n2)CC1. The molecular formula is C16H26N4O. The highest BCUT2D eigenvalue weighted by Crippen LogP contribution is 2.25. The van der Waals surface area contributed by atoms with Crippen molar-refractivity contribution in [2.75, 3.05) is 18.0 Å². The van der Waals surface area contributed by atoms with Gasteiger partial charge in [0, 0.05) is 24.3 Å². The Kier molecular flexibility index (Phi) is 5.42. The Labute approximate surface area is 126 Å². The first-order valence-corrected chi connectivity index (χ1v) is 7.85. The molecule has 0 saturated carbocycles. The number of nitrogens with zero attached hydrogens (tertiary/aromatic N) is 3. The topological polar surface area (TPSA) is 74.7 Å². The lowest BCUT2D eigenvalue weighted by molar-refractivity contribution is 0.318. The zero-order valence-corrected chi connectivity index (χ0v) is 13.0. The number of hydrogen-bond acceptors (Lipinski definition) is 4. The molecule has 0 aromatic carbocycles. The molecule has 1 aromatic rings. The molecule has 5 nitrogen and oxygen atoms in total. The molecule has 0 radical (unpaired) electrons. The van der Waals surface area contributed by atoms with Crippen molar-refractivity contribution >= 4 is 11.7 Å². The maximum absolute atomic E-state index is 8.85. The van der Waals surface area contributed by atoms with E-state index >= 15 is 0 Å². The quantitative estimate of drug-likeness (QED) is 0.387. The van der Waals surface area contributed by atoms with Gasteiger partial charge in [-0.15, -0.1) is 0 Å². The van der Waals surface area contributed by atoms with Gasteiger partial charge in [0.1, 0.15) is 5.82 Å². The third-order valence-corrected chi connectivity index (χ3v) is 4.21. The summed E-state index contributed by atoms with van der Waals surface area (Å²) >= 11 is 0. The average molecular weight is 290 g/mol. The molecule has 5 heteroatoms. The molecule has 1 unspecified atom stereocenters. The van der Waals surface area contributed by atoms with Crippen molar-refractivity contribution in [3.63, 3.8) is 0 Å². The number of pyridine rings is 1. The van der Waals surface area contributed by atoms with E-state index in [0.717, 1.165) is 36.1 Å². The number of aromatic nitrogens is 1. The number of rotatable bonds is 4. The fourth-order valence-corrected chi connectivity index (χ4v) is 3.11. The van der Waals surface area contributed by atoms with Crippen molar-refractivity contribution in [2.24, 2.45) is 16.8 Å². The van der Waals surface area contributed by atoms with Crippen molar-refractivity contribution in [2.45, 2.75) is 46.0 Å². The molecule has 1 fully saturated rings. The van der Waals surface area contributed by atoms with Gasteiger partial charge in [-0.3, -0.25) is 0 Å². The minimum Gasteiger partial charge on any atom is -0.409 e. The molecule has 1 aliphatic heterocycles. The lowest BCUT2D eigenvalue weighted by Crippen LogP contribution is -2.26. The third kappa shape index (κ3) is 4.09. The molecule has 0 amide bonds. The van der Waals surface area contributed by atoms with Crippen molar-refractivity contribution < 1.29 is 5.21 Å². The zero-order chi connectivity index (χ0) is 15.2. The summed E-state index contributed by atoms with van der Waals surface area (Å²) in [6.45, 7) is 6.27.